The van der Waals surface area contributed by atoms with Crippen LogP contribution in [0.25, 0.3) is 0 Å². The van der Waals surface area contributed by atoms with Gasteiger partial charge in [0.05, 0.1) is 11.8 Å². The molecule has 0 aliphatic heterocycles. The third-order valence-corrected chi connectivity index (χ3v) is 2.53. The van der Waals surface area contributed by atoms with Gasteiger partial charge in [-0.05, 0) is 19.4 Å². The van der Waals surface area contributed by atoms with Gasteiger partial charge in [0.25, 0.3) is 0 Å². The number of carbonyl (C=O) groups excluding carboxylic acids is 1. The minimum atomic E-state index is -0.888. The molecule has 0 spiro atoms. The van der Waals surface area contributed by atoms with Crippen molar-refractivity contribution in [2.45, 2.75) is 25.9 Å². The monoisotopic (exact) mass is 258 g/mol. The predicted octanol–water partition coefficient (Wildman–Crippen LogP) is 2.30. The number of nitrogen functional groups attached to an aromatic ring is 1. The van der Waals surface area contributed by atoms with Crippen LogP contribution in [-0.2, 0) is 9.53 Å². The Bertz CT molecular complexity index is 415. The van der Waals surface area contributed by atoms with Crippen molar-refractivity contribution in [3.63, 3.8) is 0 Å². The maximum Gasteiger partial charge on any atom is 0.224 e. The van der Waals surface area contributed by atoms with E-state index in [0.717, 1.165) is 6.07 Å². The van der Waals surface area contributed by atoms with Gasteiger partial charge in [0.1, 0.15) is 11.5 Å². The number of halogens is 2. The molecule has 0 fully saturated rings. The molecule has 1 atom stereocenters. The Morgan fingerprint density at radius 3 is 2.72 bits per heavy atom. The van der Waals surface area contributed by atoms with Gasteiger partial charge in [-0.25, -0.2) is 8.78 Å². The molecular formula is C12H16F2N2O2. The van der Waals surface area contributed by atoms with Crippen molar-refractivity contribution in [3.05, 3.63) is 23.8 Å². The Labute approximate surface area is 104 Å². The summed E-state index contributed by atoms with van der Waals surface area (Å²) in [5, 5.41) is 2.32. The molecule has 3 N–H and O–H groups in total. The lowest BCUT2D eigenvalue weighted by Crippen LogP contribution is -2.17. The van der Waals surface area contributed by atoms with Crippen LogP contribution in [0.2, 0.25) is 0 Å². The first-order valence-corrected chi connectivity index (χ1v) is 5.51. The van der Waals surface area contributed by atoms with Crippen LogP contribution in [0.1, 0.15) is 19.8 Å². The van der Waals surface area contributed by atoms with Crippen LogP contribution in [0.4, 0.5) is 20.2 Å². The molecule has 0 saturated carbocycles. The number of hydrogen-bond donors (Lipinski definition) is 2. The van der Waals surface area contributed by atoms with E-state index in [1.165, 1.54) is 0 Å². The normalized spacial score (nSPS) is 12.2. The number of rotatable bonds is 5. The number of anilines is 2. The molecule has 0 aliphatic rings. The molecule has 1 aromatic carbocycles. The van der Waals surface area contributed by atoms with Crippen molar-refractivity contribution in [3.8, 4) is 0 Å². The molecule has 1 rings (SSSR count). The second kappa shape index (κ2) is 6.30. The topological polar surface area (TPSA) is 64.3 Å². The molecule has 0 bridgehead atoms. The van der Waals surface area contributed by atoms with E-state index in [9.17, 15) is 13.6 Å². The minimum Gasteiger partial charge on any atom is -0.397 e. The summed E-state index contributed by atoms with van der Waals surface area (Å²) in [6.07, 6.45) is 0.613. The molecule has 0 aliphatic carbocycles. The molecule has 0 heterocycles. The average Bonchev–Trinajstić information content (AvgIpc) is 2.30. The summed E-state index contributed by atoms with van der Waals surface area (Å²) >= 11 is 0. The number of benzene rings is 1. The van der Waals surface area contributed by atoms with E-state index in [1.54, 1.807) is 7.11 Å². The number of nitrogens with one attached hydrogen (secondary N) is 1. The van der Waals surface area contributed by atoms with Crippen LogP contribution < -0.4 is 11.1 Å². The average molecular weight is 258 g/mol. The van der Waals surface area contributed by atoms with E-state index >= 15 is 0 Å². The zero-order valence-corrected chi connectivity index (χ0v) is 10.3. The molecule has 0 saturated heterocycles. The second-order valence-electron chi connectivity index (χ2n) is 3.99. The minimum absolute atomic E-state index is 0.0637. The first-order chi connectivity index (χ1) is 8.43. The summed E-state index contributed by atoms with van der Waals surface area (Å²) in [5.74, 6) is -2.06. The molecule has 0 aromatic heterocycles. The number of nitrogens with two attached hydrogens (primary N) is 1. The Morgan fingerprint density at radius 2 is 2.17 bits per heavy atom. The maximum atomic E-state index is 13.4. The Balaban J connectivity index is 2.65. The maximum absolute atomic E-state index is 13.4. The Morgan fingerprint density at radius 1 is 1.50 bits per heavy atom. The van der Waals surface area contributed by atoms with E-state index in [0.29, 0.717) is 12.5 Å². The number of amides is 1. The summed E-state index contributed by atoms with van der Waals surface area (Å²) in [7, 11) is 1.54. The summed E-state index contributed by atoms with van der Waals surface area (Å²) in [6, 6.07) is 1.63. The molecule has 4 nitrogen and oxygen atoms in total. The van der Waals surface area contributed by atoms with E-state index in [1.807, 2.05) is 6.92 Å². The van der Waals surface area contributed by atoms with Gasteiger partial charge in [0.2, 0.25) is 5.91 Å². The quantitative estimate of drug-likeness (QED) is 0.796. The van der Waals surface area contributed by atoms with Crippen molar-refractivity contribution in [1.82, 2.24) is 0 Å². The highest BCUT2D eigenvalue weighted by atomic mass is 19.1. The lowest BCUT2D eigenvalue weighted by molar-refractivity contribution is -0.116. The van der Waals surface area contributed by atoms with Gasteiger partial charge in [-0.2, -0.15) is 0 Å². The number of carbonyl (C=O) groups is 1. The summed E-state index contributed by atoms with van der Waals surface area (Å²) < 4.78 is 31.2. The van der Waals surface area contributed by atoms with Crippen LogP contribution in [0, 0.1) is 11.6 Å². The number of ether oxygens (including phenoxy) is 1. The Kier molecular flexibility index (Phi) is 5.03. The van der Waals surface area contributed by atoms with E-state index in [-0.39, 0.29) is 23.9 Å². The highest BCUT2D eigenvalue weighted by molar-refractivity contribution is 5.93. The van der Waals surface area contributed by atoms with E-state index in [2.05, 4.69) is 5.32 Å². The van der Waals surface area contributed by atoms with Gasteiger partial charge in [0, 0.05) is 19.6 Å². The number of hydrogen-bond acceptors (Lipinski definition) is 3. The fourth-order valence-electron chi connectivity index (χ4n) is 1.38. The van der Waals surface area contributed by atoms with Crippen LogP contribution in [-0.4, -0.2) is 19.1 Å². The fourth-order valence-corrected chi connectivity index (χ4v) is 1.38. The van der Waals surface area contributed by atoms with Crippen LogP contribution in [0.3, 0.4) is 0 Å². The molecule has 6 heteroatoms. The third-order valence-electron chi connectivity index (χ3n) is 2.53. The summed E-state index contributed by atoms with van der Waals surface area (Å²) in [6.45, 7) is 1.82. The van der Waals surface area contributed by atoms with Crippen molar-refractivity contribution in [1.29, 1.82) is 0 Å². The first-order valence-electron chi connectivity index (χ1n) is 5.51. The molecular weight excluding hydrogens is 242 g/mol. The lowest BCUT2D eigenvalue weighted by atomic mass is 10.2. The highest BCUT2D eigenvalue weighted by Crippen LogP contribution is 2.24. The molecule has 1 amide bonds. The van der Waals surface area contributed by atoms with Crippen molar-refractivity contribution in [2.24, 2.45) is 0 Å². The SMILES string of the molecule is COC(C)CCC(=O)Nc1c(N)cc(F)cc1F. The zero-order chi connectivity index (χ0) is 13.7. The number of methoxy groups -OCH3 is 1. The molecule has 1 aromatic rings. The first kappa shape index (κ1) is 14.4. The smallest absolute Gasteiger partial charge is 0.224 e. The third kappa shape index (κ3) is 3.96. The van der Waals surface area contributed by atoms with Crippen LogP contribution >= 0.6 is 0 Å². The molecule has 100 valence electrons. The fraction of sp³-hybridized carbons (Fsp3) is 0.417. The predicted molar refractivity (Wildman–Crippen MR) is 65.1 cm³/mol. The highest BCUT2D eigenvalue weighted by Gasteiger charge is 2.13. The van der Waals surface area contributed by atoms with Crippen molar-refractivity contribution in [2.75, 3.05) is 18.2 Å². The van der Waals surface area contributed by atoms with Gasteiger partial charge in [-0.15, -0.1) is 0 Å². The van der Waals surface area contributed by atoms with Gasteiger partial charge in [-0.3, -0.25) is 4.79 Å². The largest absolute Gasteiger partial charge is 0.397 e. The van der Waals surface area contributed by atoms with E-state index in [4.69, 9.17) is 10.5 Å². The van der Waals surface area contributed by atoms with Gasteiger partial charge in [0.15, 0.2) is 5.82 Å². The summed E-state index contributed by atoms with van der Waals surface area (Å²) in [5.41, 5.74) is 5.11. The standard InChI is InChI=1S/C12H16F2N2O2/c1-7(18-2)3-4-11(17)16-12-9(14)5-8(13)6-10(12)15/h5-7H,3-4,15H2,1-2H3,(H,16,17). The molecule has 0 radical (unpaired) electrons. The zero-order valence-electron chi connectivity index (χ0n) is 10.3. The lowest BCUT2D eigenvalue weighted by Gasteiger charge is -2.11. The van der Waals surface area contributed by atoms with Crippen molar-refractivity contribution < 1.29 is 18.3 Å². The van der Waals surface area contributed by atoms with E-state index < -0.39 is 17.5 Å². The van der Waals surface area contributed by atoms with Gasteiger partial charge < -0.3 is 15.8 Å². The molecule has 18 heavy (non-hydrogen) atoms. The van der Waals surface area contributed by atoms with Crippen molar-refractivity contribution >= 4 is 17.3 Å². The summed E-state index contributed by atoms with van der Waals surface area (Å²) in [4.78, 5) is 11.5. The molecule has 1 unspecified atom stereocenters. The van der Waals surface area contributed by atoms with Crippen LogP contribution in [0.15, 0.2) is 12.1 Å². The van der Waals surface area contributed by atoms with Crippen LogP contribution in [0.5, 0.6) is 0 Å². The van der Waals surface area contributed by atoms with Gasteiger partial charge >= 0.3 is 0 Å². The second-order valence-corrected chi connectivity index (χ2v) is 3.99. The Hall–Kier alpha value is -1.69. The van der Waals surface area contributed by atoms with Gasteiger partial charge in [-0.1, -0.05) is 0 Å².